The molecule has 0 aliphatic rings. The summed E-state index contributed by atoms with van der Waals surface area (Å²) >= 11 is 5.17. The molecule has 1 aromatic rings. The molecule has 0 N–H and O–H groups in total. The van der Waals surface area contributed by atoms with E-state index in [1.807, 2.05) is 0 Å². The van der Waals surface area contributed by atoms with E-state index >= 15 is 0 Å². The Morgan fingerprint density at radius 3 is 2.53 bits per heavy atom. The van der Waals surface area contributed by atoms with Gasteiger partial charge < -0.3 is 0 Å². The standard InChI is InChI=1S/C12H18I2Te/c1-3-5-6-9(4-2)7-10-8-11(13)15-12(10)14/h8-9H,3-7H2,1-2H3. The van der Waals surface area contributed by atoms with Crippen molar-refractivity contribution in [1.82, 2.24) is 0 Å². The second-order valence-electron chi connectivity index (χ2n) is 3.97. The Morgan fingerprint density at radius 2 is 2.07 bits per heavy atom. The Morgan fingerprint density at radius 1 is 1.33 bits per heavy atom. The molecule has 1 atom stereocenters. The molecular weight excluding hydrogens is 526 g/mol. The molecule has 0 radical (unpaired) electrons. The fourth-order valence-electron chi connectivity index (χ4n) is 1.77. The molecule has 0 aliphatic heterocycles. The molecule has 0 bridgehead atoms. The monoisotopic (exact) mass is 546 g/mol. The van der Waals surface area contributed by atoms with E-state index < -0.39 is 0 Å². The Hall–Kier alpha value is 1.73. The van der Waals surface area contributed by atoms with Crippen molar-refractivity contribution in [3.05, 3.63) is 14.8 Å². The summed E-state index contributed by atoms with van der Waals surface area (Å²) in [5.74, 6) is 0.927. The van der Waals surface area contributed by atoms with E-state index in [2.05, 4.69) is 65.1 Å². The van der Waals surface area contributed by atoms with Gasteiger partial charge in [-0.25, -0.2) is 0 Å². The van der Waals surface area contributed by atoms with E-state index in [0.717, 1.165) is 5.92 Å². The zero-order chi connectivity index (χ0) is 11.3. The van der Waals surface area contributed by atoms with Gasteiger partial charge in [0.15, 0.2) is 0 Å². The molecule has 86 valence electrons. The van der Waals surface area contributed by atoms with Crippen LogP contribution in [0.1, 0.15) is 45.1 Å². The topological polar surface area (TPSA) is 0 Å². The first-order chi connectivity index (χ1) is 7.17. The van der Waals surface area contributed by atoms with Gasteiger partial charge in [-0.2, -0.15) is 0 Å². The van der Waals surface area contributed by atoms with E-state index in [9.17, 15) is 0 Å². The van der Waals surface area contributed by atoms with Gasteiger partial charge in [0, 0.05) is 0 Å². The number of halogens is 2. The molecule has 1 rings (SSSR count). The third-order valence-electron chi connectivity index (χ3n) is 2.78. The van der Waals surface area contributed by atoms with Crippen molar-refractivity contribution in [2.45, 2.75) is 46.0 Å². The first-order valence-corrected chi connectivity index (χ1v) is 10.1. The summed E-state index contributed by atoms with van der Waals surface area (Å²) in [5, 5.41) is 0. The Bertz CT molecular complexity index is 294. The number of hydrogen-bond acceptors (Lipinski definition) is 0. The third kappa shape index (κ3) is 5.27. The molecule has 0 spiro atoms. The molecule has 0 amide bonds. The van der Waals surface area contributed by atoms with Crippen LogP contribution in [0.25, 0.3) is 0 Å². The second-order valence-corrected chi connectivity index (χ2v) is 13.8. The van der Waals surface area contributed by atoms with Crippen LogP contribution >= 0.6 is 45.2 Å². The quantitative estimate of drug-likeness (QED) is 0.360. The van der Waals surface area contributed by atoms with Gasteiger partial charge in [0.2, 0.25) is 0 Å². The number of rotatable bonds is 6. The maximum absolute atomic E-state index is 2.58. The minimum absolute atomic E-state index is 0.0660. The zero-order valence-electron chi connectivity index (χ0n) is 9.35. The summed E-state index contributed by atoms with van der Waals surface area (Å²) < 4.78 is 3.35. The first-order valence-electron chi connectivity index (χ1n) is 5.61. The fourth-order valence-corrected chi connectivity index (χ4v) is 10.3. The van der Waals surface area contributed by atoms with Crippen LogP contribution in [0, 0.1) is 9.09 Å². The second kappa shape index (κ2) is 7.94. The van der Waals surface area contributed by atoms with Gasteiger partial charge in [0.1, 0.15) is 0 Å². The van der Waals surface area contributed by atoms with Crippen LogP contribution in [-0.4, -0.2) is 20.4 Å². The van der Waals surface area contributed by atoms with Crippen LogP contribution in [0.4, 0.5) is 0 Å². The van der Waals surface area contributed by atoms with Crippen LogP contribution in [0.3, 0.4) is 0 Å². The van der Waals surface area contributed by atoms with E-state index in [0.29, 0.717) is 0 Å². The van der Waals surface area contributed by atoms with Crippen LogP contribution in [0.5, 0.6) is 0 Å². The summed E-state index contributed by atoms with van der Waals surface area (Å²) in [6.45, 7) is 4.63. The van der Waals surface area contributed by atoms with Gasteiger partial charge >= 0.3 is 132 Å². The van der Waals surface area contributed by atoms with Gasteiger partial charge in [0.25, 0.3) is 0 Å². The molecular formula is C12H18I2Te. The Kier molecular flexibility index (Phi) is 7.83. The molecule has 0 nitrogen and oxygen atoms in total. The molecule has 1 aromatic heterocycles. The Balaban J connectivity index is 2.54. The van der Waals surface area contributed by atoms with E-state index in [-0.39, 0.29) is 20.4 Å². The molecule has 0 saturated heterocycles. The van der Waals surface area contributed by atoms with Gasteiger partial charge in [0.05, 0.1) is 0 Å². The minimum atomic E-state index is 0.0660. The van der Waals surface area contributed by atoms with Crippen molar-refractivity contribution in [2.75, 3.05) is 0 Å². The maximum atomic E-state index is 2.58. The molecule has 15 heavy (non-hydrogen) atoms. The number of hydrogen-bond donors (Lipinski definition) is 0. The summed E-state index contributed by atoms with van der Waals surface area (Å²) in [5.41, 5.74) is 1.67. The van der Waals surface area contributed by atoms with Crippen LogP contribution in [0.15, 0.2) is 6.07 Å². The van der Waals surface area contributed by atoms with Gasteiger partial charge in [-0.05, 0) is 0 Å². The molecule has 3 heteroatoms. The first kappa shape index (κ1) is 14.8. The average molecular weight is 544 g/mol. The van der Waals surface area contributed by atoms with Crippen molar-refractivity contribution < 1.29 is 0 Å². The van der Waals surface area contributed by atoms with Crippen LogP contribution in [-0.2, 0) is 6.42 Å². The van der Waals surface area contributed by atoms with E-state index in [1.165, 1.54) is 32.1 Å². The van der Waals surface area contributed by atoms with E-state index in [4.69, 9.17) is 0 Å². The van der Waals surface area contributed by atoms with Crippen molar-refractivity contribution in [2.24, 2.45) is 5.92 Å². The van der Waals surface area contributed by atoms with Crippen molar-refractivity contribution >= 4 is 65.6 Å². The van der Waals surface area contributed by atoms with Gasteiger partial charge in [-0.15, -0.1) is 0 Å². The average Bonchev–Trinajstić information content (AvgIpc) is 2.52. The number of unbranched alkanes of at least 4 members (excludes halogenated alkanes) is 1. The normalized spacial score (nSPS) is 13.1. The fraction of sp³-hybridized carbons (Fsp3) is 0.667. The van der Waals surface area contributed by atoms with E-state index in [1.54, 1.807) is 8.74 Å². The summed E-state index contributed by atoms with van der Waals surface area (Å²) in [7, 11) is 0. The van der Waals surface area contributed by atoms with Crippen molar-refractivity contribution in [3.8, 4) is 0 Å². The van der Waals surface area contributed by atoms with Gasteiger partial charge in [-0.1, -0.05) is 0 Å². The van der Waals surface area contributed by atoms with Crippen molar-refractivity contribution in [1.29, 1.82) is 0 Å². The van der Waals surface area contributed by atoms with Crippen LogP contribution < -0.4 is 0 Å². The molecule has 0 fully saturated rings. The Labute approximate surface area is 131 Å². The summed E-state index contributed by atoms with van der Waals surface area (Å²) in [4.78, 5) is 0. The third-order valence-corrected chi connectivity index (χ3v) is 8.89. The molecule has 0 saturated carbocycles. The molecule has 0 aromatic carbocycles. The predicted octanol–water partition coefficient (Wildman–Crippen LogP) is 4.71. The molecule has 1 unspecified atom stereocenters. The SMILES string of the molecule is CCCCC(CC)Cc1cc(I)[te]c1I. The zero-order valence-corrected chi connectivity index (χ0v) is 16.0. The summed E-state index contributed by atoms with van der Waals surface area (Å²) in [6, 6.07) is 2.46. The summed E-state index contributed by atoms with van der Waals surface area (Å²) in [6.07, 6.45) is 6.85. The van der Waals surface area contributed by atoms with Crippen LogP contribution in [0.2, 0.25) is 0 Å². The molecule has 1 heterocycles. The predicted molar refractivity (Wildman–Crippen MR) is 85.8 cm³/mol. The van der Waals surface area contributed by atoms with Gasteiger partial charge in [-0.3, -0.25) is 0 Å². The molecule has 0 aliphatic carbocycles. The van der Waals surface area contributed by atoms with Crippen molar-refractivity contribution in [3.63, 3.8) is 0 Å².